The molecule has 2 saturated heterocycles. The third-order valence-electron chi connectivity index (χ3n) is 7.88. The molecule has 0 unspecified atom stereocenters. The van der Waals surface area contributed by atoms with E-state index in [2.05, 4.69) is 10.2 Å². The van der Waals surface area contributed by atoms with Crippen LogP contribution in [0.5, 0.6) is 11.5 Å². The Hall–Kier alpha value is -3.95. The number of piperidine rings is 1. The first-order chi connectivity index (χ1) is 19.8. The van der Waals surface area contributed by atoms with Crippen LogP contribution in [0.1, 0.15) is 28.8 Å². The van der Waals surface area contributed by atoms with Crippen molar-refractivity contribution in [2.24, 2.45) is 0 Å². The zero-order valence-electron chi connectivity index (χ0n) is 22.1. The zero-order valence-corrected chi connectivity index (χ0v) is 23.7. The van der Waals surface area contributed by atoms with Crippen LogP contribution in [0, 0.1) is 0 Å². The highest BCUT2D eigenvalue weighted by atomic mass is 35.5. The van der Waals surface area contributed by atoms with E-state index in [9.17, 15) is 14.4 Å². The largest absolute Gasteiger partial charge is 0.454 e. The minimum absolute atomic E-state index is 0.0719. The van der Waals surface area contributed by atoms with Crippen LogP contribution >= 0.6 is 23.2 Å². The summed E-state index contributed by atoms with van der Waals surface area (Å²) in [4.78, 5) is 45.6. The average molecular weight is 595 g/mol. The lowest BCUT2D eigenvalue weighted by Gasteiger charge is -2.43. The van der Waals surface area contributed by atoms with E-state index in [0.717, 1.165) is 11.3 Å². The number of hydrogen-bond donors (Lipinski definition) is 1. The van der Waals surface area contributed by atoms with Gasteiger partial charge in [0.15, 0.2) is 11.5 Å². The minimum Gasteiger partial charge on any atom is -0.454 e. The predicted molar refractivity (Wildman–Crippen MR) is 154 cm³/mol. The molecule has 6 rings (SSSR count). The molecule has 0 atom stereocenters. The van der Waals surface area contributed by atoms with Crippen LogP contribution in [0.25, 0.3) is 0 Å². The van der Waals surface area contributed by atoms with Crippen LogP contribution in [0.2, 0.25) is 10.0 Å². The fourth-order valence-corrected chi connectivity index (χ4v) is 6.21. The Kier molecular flexibility index (Phi) is 7.40. The van der Waals surface area contributed by atoms with Gasteiger partial charge in [0.25, 0.3) is 11.8 Å². The van der Waals surface area contributed by atoms with Crippen molar-refractivity contribution in [2.75, 3.05) is 38.0 Å². The van der Waals surface area contributed by atoms with Crippen molar-refractivity contribution in [3.63, 3.8) is 0 Å². The summed E-state index contributed by atoms with van der Waals surface area (Å²) in [5.41, 5.74) is 1.28. The molecule has 3 aliphatic heterocycles. The Morgan fingerprint density at radius 1 is 0.927 bits per heavy atom. The molecule has 1 N–H and O–H groups in total. The lowest BCUT2D eigenvalue weighted by molar-refractivity contribution is -0.137. The van der Waals surface area contributed by atoms with Crippen molar-refractivity contribution >= 4 is 46.6 Å². The number of likely N-dealkylation sites (tertiary alicyclic amines) is 1. The molecule has 3 aromatic rings. The summed E-state index contributed by atoms with van der Waals surface area (Å²) < 4.78 is 10.8. The Morgan fingerprint density at radius 2 is 1.68 bits per heavy atom. The van der Waals surface area contributed by atoms with E-state index in [-0.39, 0.29) is 37.7 Å². The first-order valence-corrected chi connectivity index (χ1v) is 14.1. The number of benzene rings is 3. The zero-order chi connectivity index (χ0) is 28.6. The van der Waals surface area contributed by atoms with E-state index in [4.69, 9.17) is 32.7 Å². The van der Waals surface area contributed by atoms with E-state index in [1.807, 2.05) is 48.5 Å². The van der Waals surface area contributed by atoms with Gasteiger partial charge >= 0.3 is 0 Å². The number of hydrogen-bond acceptors (Lipinski definition) is 6. The van der Waals surface area contributed by atoms with Gasteiger partial charge in [-0.25, -0.2) is 0 Å². The summed E-state index contributed by atoms with van der Waals surface area (Å²) >= 11 is 12.3. The average Bonchev–Trinajstić information content (AvgIpc) is 3.55. The number of carbonyl (C=O) groups excluding carboxylic acids is 3. The van der Waals surface area contributed by atoms with E-state index >= 15 is 0 Å². The molecule has 0 radical (unpaired) electrons. The second kappa shape index (κ2) is 11.1. The third kappa shape index (κ3) is 5.27. The topological polar surface area (TPSA) is 91.4 Å². The maximum absolute atomic E-state index is 14.0. The lowest BCUT2D eigenvalue weighted by Crippen LogP contribution is -2.57. The smallest absolute Gasteiger partial charge is 0.255 e. The molecule has 3 heterocycles. The van der Waals surface area contributed by atoms with Gasteiger partial charge in [-0.3, -0.25) is 14.4 Å². The molecule has 2 fully saturated rings. The molecule has 0 aromatic heterocycles. The Labute approximate surface area is 247 Å². The molecule has 3 amide bonds. The van der Waals surface area contributed by atoms with Gasteiger partial charge in [-0.2, -0.15) is 0 Å². The van der Waals surface area contributed by atoms with Gasteiger partial charge in [0.1, 0.15) is 12.1 Å². The number of nitrogens with zero attached hydrogens (tertiary/aromatic N) is 3. The third-order valence-corrected chi connectivity index (χ3v) is 8.43. The standard InChI is InChI=1S/C30H28Cl2N4O5/c31-21-7-8-23(24(32)15-21)28(38)34-12-10-30(11-13-34)29(39)35(18-36(30)22-4-2-1-3-5-22)17-27(37)33-16-20-6-9-25-26(14-20)41-19-40-25/h1-9,14-15H,10-13,16-19H2,(H,33,37). The van der Waals surface area contributed by atoms with E-state index in [1.165, 1.54) is 0 Å². The number of para-hydroxylation sites is 1. The number of amides is 3. The molecule has 3 aromatic carbocycles. The first-order valence-electron chi connectivity index (χ1n) is 13.4. The van der Waals surface area contributed by atoms with Gasteiger partial charge in [-0.05, 0) is 60.9 Å². The molecule has 0 saturated carbocycles. The van der Waals surface area contributed by atoms with Crippen molar-refractivity contribution in [2.45, 2.75) is 24.9 Å². The molecule has 0 aliphatic carbocycles. The number of ether oxygens (including phenoxy) is 2. The molecule has 0 bridgehead atoms. The molecular weight excluding hydrogens is 567 g/mol. The summed E-state index contributed by atoms with van der Waals surface area (Å²) in [6.45, 7) is 1.43. The Bertz CT molecular complexity index is 1490. The number of carbonyl (C=O) groups is 3. The maximum atomic E-state index is 14.0. The van der Waals surface area contributed by atoms with Crippen LogP contribution in [0.4, 0.5) is 5.69 Å². The fraction of sp³-hybridized carbons (Fsp3) is 0.300. The summed E-state index contributed by atoms with van der Waals surface area (Å²) in [6, 6.07) is 20.0. The second-order valence-electron chi connectivity index (χ2n) is 10.3. The van der Waals surface area contributed by atoms with Gasteiger partial charge in [0, 0.05) is 30.3 Å². The van der Waals surface area contributed by atoms with Gasteiger partial charge in [-0.1, -0.05) is 47.5 Å². The molecule has 41 heavy (non-hydrogen) atoms. The highest BCUT2D eigenvalue weighted by molar-refractivity contribution is 6.36. The van der Waals surface area contributed by atoms with Crippen molar-refractivity contribution in [3.05, 3.63) is 87.9 Å². The summed E-state index contributed by atoms with van der Waals surface area (Å²) in [5, 5.41) is 3.66. The number of rotatable bonds is 6. The molecule has 212 valence electrons. The van der Waals surface area contributed by atoms with Crippen LogP contribution in [0.3, 0.4) is 0 Å². The molecule has 11 heteroatoms. The number of anilines is 1. The maximum Gasteiger partial charge on any atom is 0.255 e. The van der Waals surface area contributed by atoms with Gasteiger partial charge in [-0.15, -0.1) is 0 Å². The Morgan fingerprint density at radius 3 is 2.44 bits per heavy atom. The number of nitrogens with one attached hydrogen (secondary N) is 1. The van der Waals surface area contributed by atoms with Gasteiger partial charge < -0.3 is 29.5 Å². The quantitative estimate of drug-likeness (QED) is 0.457. The summed E-state index contributed by atoms with van der Waals surface area (Å²) in [6.07, 6.45) is 0.847. The van der Waals surface area contributed by atoms with Crippen LogP contribution in [-0.2, 0) is 16.1 Å². The monoisotopic (exact) mass is 594 g/mol. The van der Waals surface area contributed by atoms with Crippen LogP contribution < -0.4 is 19.7 Å². The second-order valence-corrected chi connectivity index (χ2v) is 11.2. The number of fused-ring (bicyclic) bond motifs is 1. The van der Waals surface area contributed by atoms with Crippen molar-refractivity contribution in [1.29, 1.82) is 0 Å². The predicted octanol–water partition coefficient (Wildman–Crippen LogP) is 4.32. The summed E-state index contributed by atoms with van der Waals surface area (Å²) in [5.74, 6) is 0.758. The van der Waals surface area contributed by atoms with Gasteiger partial charge in [0.2, 0.25) is 12.7 Å². The van der Waals surface area contributed by atoms with Crippen molar-refractivity contribution in [1.82, 2.24) is 15.1 Å². The van der Waals surface area contributed by atoms with E-state index in [1.54, 1.807) is 28.0 Å². The van der Waals surface area contributed by atoms with E-state index < -0.39 is 5.54 Å². The van der Waals surface area contributed by atoms with Gasteiger partial charge in [0.05, 0.1) is 17.3 Å². The van der Waals surface area contributed by atoms with Crippen LogP contribution in [0.15, 0.2) is 66.7 Å². The SMILES string of the molecule is O=C(CN1CN(c2ccccc2)C2(CCN(C(=O)c3ccc(Cl)cc3Cl)CC2)C1=O)NCc1ccc2c(c1)OCO2. The lowest BCUT2D eigenvalue weighted by atomic mass is 9.85. The highest BCUT2D eigenvalue weighted by Gasteiger charge is 2.54. The minimum atomic E-state index is -0.862. The van der Waals surface area contributed by atoms with Crippen LogP contribution in [-0.4, -0.2) is 66.2 Å². The van der Waals surface area contributed by atoms with Crippen molar-refractivity contribution in [3.8, 4) is 11.5 Å². The Balaban J connectivity index is 1.15. The highest BCUT2D eigenvalue weighted by Crippen LogP contribution is 2.40. The van der Waals surface area contributed by atoms with E-state index in [0.29, 0.717) is 59.6 Å². The summed E-state index contributed by atoms with van der Waals surface area (Å²) in [7, 11) is 0. The molecule has 1 spiro atoms. The van der Waals surface area contributed by atoms with Crippen molar-refractivity contribution < 1.29 is 23.9 Å². The number of halogens is 2. The first kappa shape index (κ1) is 27.2. The fourth-order valence-electron chi connectivity index (χ4n) is 5.72. The normalized spacial score (nSPS) is 17.3. The molecule has 3 aliphatic rings. The molecular formula is C30H28Cl2N4O5. The molecule has 9 nitrogen and oxygen atoms in total.